The van der Waals surface area contributed by atoms with Crippen molar-refractivity contribution in [3.8, 4) is 11.5 Å². The predicted octanol–water partition coefficient (Wildman–Crippen LogP) is 2.91. The Kier molecular flexibility index (Phi) is 6.37. The number of hydrogen-bond acceptors (Lipinski definition) is 3. The van der Waals surface area contributed by atoms with Gasteiger partial charge in [-0.2, -0.15) is 0 Å². The first-order valence-electron chi connectivity index (χ1n) is 8.07. The van der Waals surface area contributed by atoms with Crippen LogP contribution in [0.4, 0.5) is 4.79 Å². The summed E-state index contributed by atoms with van der Waals surface area (Å²) in [5.41, 5.74) is 0. The maximum Gasteiger partial charge on any atom is 0.317 e. The van der Waals surface area contributed by atoms with E-state index in [9.17, 15) is 4.79 Å². The van der Waals surface area contributed by atoms with E-state index in [2.05, 4.69) is 12.2 Å². The minimum Gasteiger partial charge on any atom is -0.494 e. The molecule has 1 atom stereocenters. The number of urea groups is 1. The standard InChI is InChI=1S/C17H26N2O3/c1-3-21-15-6-8-16(9-7-15)22-12-10-18-17(20)19-11-4-5-14(2)13-19/h6-9,14H,3-5,10-13H2,1-2H3,(H,18,20). The van der Waals surface area contributed by atoms with Gasteiger partial charge in [-0.15, -0.1) is 0 Å². The van der Waals surface area contributed by atoms with Crippen LogP contribution in [0.1, 0.15) is 26.7 Å². The third-order valence-electron chi connectivity index (χ3n) is 3.73. The first-order chi connectivity index (χ1) is 10.7. The SMILES string of the molecule is CCOc1ccc(OCCNC(=O)N2CCCC(C)C2)cc1. The van der Waals surface area contributed by atoms with Gasteiger partial charge in [-0.25, -0.2) is 4.79 Å². The summed E-state index contributed by atoms with van der Waals surface area (Å²) >= 11 is 0. The second-order valence-electron chi connectivity index (χ2n) is 5.68. The fourth-order valence-corrected chi connectivity index (χ4v) is 2.61. The number of benzene rings is 1. The molecule has 5 heteroatoms. The fourth-order valence-electron chi connectivity index (χ4n) is 2.61. The zero-order valence-electron chi connectivity index (χ0n) is 13.5. The molecule has 1 N–H and O–H groups in total. The Morgan fingerprint density at radius 1 is 1.27 bits per heavy atom. The van der Waals surface area contributed by atoms with E-state index in [0.717, 1.165) is 31.0 Å². The molecule has 22 heavy (non-hydrogen) atoms. The Morgan fingerprint density at radius 2 is 1.95 bits per heavy atom. The molecule has 0 bridgehead atoms. The highest BCUT2D eigenvalue weighted by Gasteiger charge is 2.20. The van der Waals surface area contributed by atoms with E-state index in [1.54, 1.807) is 0 Å². The van der Waals surface area contributed by atoms with Crippen LogP contribution in [0.5, 0.6) is 11.5 Å². The summed E-state index contributed by atoms with van der Waals surface area (Å²) in [6, 6.07) is 7.53. The number of rotatable bonds is 6. The van der Waals surface area contributed by atoms with Gasteiger partial charge in [-0.3, -0.25) is 0 Å². The smallest absolute Gasteiger partial charge is 0.317 e. The molecular formula is C17H26N2O3. The van der Waals surface area contributed by atoms with Gasteiger partial charge in [-0.05, 0) is 49.9 Å². The second kappa shape index (κ2) is 8.51. The average molecular weight is 306 g/mol. The van der Waals surface area contributed by atoms with Gasteiger partial charge in [0.2, 0.25) is 0 Å². The lowest BCUT2D eigenvalue weighted by molar-refractivity contribution is 0.167. The van der Waals surface area contributed by atoms with Gasteiger partial charge < -0.3 is 19.7 Å². The summed E-state index contributed by atoms with van der Waals surface area (Å²) in [4.78, 5) is 13.9. The minimum absolute atomic E-state index is 0.0156. The monoisotopic (exact) mass is 306 g/mol. The molecule has 1 heterocycles. The Balaban J connectivity index is 1.65. The number of carbonyl (C=O) groups excluding carboxylic acids is 1. The van der Waals surface area contributed by atoms with Crippen molar-refractivity contribution in [2.24, 2.45) is 5.92 Å². The zero-order chi connectivity index (χ0) is 15.8. The van der Waals surface area contributed by atoms with Crippen molar-refractivity contribution >= 4 is 6.03 Å². The molecule has 2 amide bonds. The van der Waals surface area contributed by atoms with Crippen LogP contribution in [-0.2, 0) is 0 Å². The molecule has 122 valence electrons. The fraction of sp³-hybridized carbons (Fsp3) is 0.588. The first kappa shape index (κ1) is 16.5. The van der Waals surface area contributed by atoms with Crippen molar-refractivity contribution < 1.29 is 14.3 Å². The molecular weight excluding hydrogens is 280 g/mol. The molecule has 1 aliphatic heterocycles. The van der Waals surface area contributed by atoms with Crippen molar-refractivity contribution in [3.63, 3.8) is 0 Å². The molecule has 1 aromatic carbocycles. The van der Waals surface area contributed by atoms with Crippen LogP contribution < -0.4 is 14.8 Å². The van der Waals surface area contributed by atoms with Gasteiger partial charge in [0.05, 0.1) is 13.2 Å². The highest BCUT2D eigenvalue weighted by molar-refractivity contribution is 5.74. The van der Waals surface area contributed by atoms with Crippen LogP contribution in [0.15, 0.2) is 24.3 Å². The summed E-state index contributed by atoms with van der Waals surface area (Å²) in [7, 11) is 0. The highest BCUT2D eigenvalue weighted by Crippen LogP contribution is 2.17. The van der Waals surface area contributed by atoms with Crippen molar-refractivity contribution in [1.82, 2.24) is 10.2 Å². The number of nitrogens with zero attached hydrogens (tertiary/aromatic N) is 1. The first-order valence-corrected chi connectivity index (χ1v) is 8.07. The van der Waals surface area contributed by atoms with E-state index in [1.165, 1.54) is 6.42 Å². The van der Waals surface area contributed by atoms with Crippen LogP contribution >= 0.6 is 0 Å². The topological polar surface area (TPSA) is 50.8 Å². The molecule has 1 aromatic rings. The number of ether oxygens (including phenoxy) is 2. The van der Waals surface area contributed by atoms with Gasteiger partial charge >= 0.3 is 6.03 Å². The summed E-state index contributed by atoms with van der Waals surface area (Å²) in [6.45, 7) is 7.48. The van der Waals surface area contributed by atoms with Crippen molar-refractivity contribution in [3.05, 3.63) is 24.3 Å². The molecule has 1 unspecified atom stereocenters. The third-order valence-corrected chi connectivity index (χ3v) is 3.73. The zero-order valence-corrected chi connectivity index (χ0v) is 13.5. The molecule has 0 aromatic heterocycles. The van der Waals surface area contributed by atoms with E-state index >= 15 is 0 Å². The van der Waals surface area contributed by atoms with Gasteiger partial charge in [-0.1, -0.05) is 6.92 Å². The van der Waals surface area contributed by atoms with Crippen LogP contribution in [0.2, 0.25) is 0 Å². The number of carbonyl (C=O) groups is 1. The van der Waals surface area contributed by atoms with E-state index < -0.39 is 0 Å². The van der Waals surface area contributed by atoms with Crippen molar-refractivity contribution in [2.75, 3.05) is 32.8 Å². The summed E-state index contributed by atoms with van der Waals surface area (Å²) < 4.78 is 11.0. The van der Waals surface area contributed by atoms with Crippen LogP contribution in [0.3, 0.4) is 0 Å². The summed E-state index contributed by atoms with van der Waals surface area (Å²) in [5.74, 6) is 2.21. The summed E-state index contributed by atoms with van der Waals surface area (Å²) in [6.07, 6.45) is 2.31. The average Bonchev–Trinajstić information content (AvgIpc) is 2.53. The summed E-state index contributed by atoms with van der Waals surface area (Å²) in [5, 5.41) is 2.91. The van der Waals surface area contributed by atoms with Crippen LogP contribution in [0.25, 0.3) is 0 Å². The third kappa shape index (κ3) is 5.13. The Morgan fingerprint density at radius 3 is 2.59 bits per heavy atom. The molecule has 1 saturated heterocycles. The normalized spacial score (nSPS) is 17.9. The largest absolute Gasteiger partial charge is 0.494 e. The maximum absolute atomic E-state index is 12.0. The lowest BCUT2D eigenvalue weighted by atomic mass is 10.0. The quantitative estimate of drug-likeness (QED) is 0.822. The molecule has 0 spiro atoms. The van der Waals surface area contributed by atoms with Crippen molar-refractivity contribution in [1.29, 1.82) is 0 Å². The van der Waals surface area contributed by atoms with E-state index in [-0.39, 0.29) is 6.03 Å². The molecule has 0 aliphatic carbocycles. The maximum atomic E-state index is 12.0. The Hall–Kier alpha value is -1.91. The molecule has 1 fully saturated rings. The van der Waals surface area contributed by atoms with Gasteiger partial charge in [0.15, 0.2) is 0 Å². The van der Waals surface area contributed by atoms with E-state index in [0.29, 0.717) is 25.7 Å². The van der Waals surface area contributed by atoms with Gasteiger partial charge in [0.1, 0.15) is 18.1 Å². The molecule has 1 aliphatic rings. The van der Waals surface area contributed by atoms with E-state index in [1.807, 2.05) is 36.1 Å². The highest BCUT2D eigenvalue weighted by atomic mass is 16.5. The number of piperidine rings is 1. The Labute approximate surface area is 132 Å². The molecule has 0 radical (unpaired) electrons. The van der Waals surface area contributed by atoms with Gasteiger partial charge in [0, 0.05) is 13.1 Å². The van der Waals surface area contributed by atoms with Gasteiger partial charge in [0.25, 0.3) is 0 Å². The number of nitrogens with one attached hydrogen (secondary N) is 1. The van der Waals surface area contributed by atoms with Crippen LogP contribution in [-0.4, -0.2) is 43.8 Å². The number of amides is 2. The molecule has 5 nitrogen and oxygen atoms in total. The van der Waals surface area contributed by atoms with Crippen LogP contribution in [0, 0.1) is 5.92 Å². The predicted molar refractivity (Wildman–Crippen MR) is 86.5 cm³/mol. The molecule has 2 rings (SSSR count). The lowest BCUT2D eigenvalue weighted by Gasteiger charge is -2.30. The number of likely N-dealkylation sites (tertiary alicyclic amines) is 1. The lowest BCUT2D eigenvalue weighted by Crippen LogP contribution is -2.45. The van der Waals surface area contributed by atoms with Crippen molar-refractivity contribution in [2.45, 2.75) is 26.7 Å². The number of hydrogen-bond donors (Lipinski definition) is 1. The molecule has 0 saturated carbocycles. The Bertz CT molecular complexity index is 461. The second-order valence-corrected chi connectivity index (χ2v) is 5.68. The minimum atomic E-state index is 0.0156. The van der Waals surface area contributed by atoms with E-state index in [4.69, 9.17) is 9.47 Å².